The van der Waals surface area contributed by atoms with Crippen LogP contribution >= 0.6 is 15.9 Å². The maximum Gasteiger partial charge on any atom is 0.416 e. The Morgan fingerprint density at radius 3 is 1.80 bits per heavy atom. The van der Waals surface area contributed by atoms with E-state index in [0.717, 1.165) is 4.47 Å². The summed E-state index contributed by atoms with van der Waals surface area (Å²) >= 11 is 3.28. The lowest BCUT2D eigenvalue weighted by Gasteiger charge is -2.36. The SMILES string of the molecule is O=C(Nc1ccc(Br)cc1)N1CCN(c2cc(C(F)(F)F)cc(C(F)(F)F)c2)CC1. The van der Waals surface area contributed by atoms with Crippen molar-refractivity contribution in [3.63, 3.8) is 0 Å². The van der Waals surface area contributed by atoms with E-state index in [0.29, 0.717) is 17.8 Å². The molecule has 1 saturated heterocycles. The van der Waals surface area contributed by atoms with Gasteiger partial charge in [-0.2, -0.15) is 26.3 Å². The van der Waals surface area contributed by atoms with E-state index < -0.39 is 29.5 Å². The number of amides is 2. The molecule has 1 N–H and O–H groups in total. The monoisotopic (exact) mass is 495 g/mol. The standard InChI is InChI=1S/C19H16BrF6N3O/c20-14-1-3-15(4-2-14)27-17(30)29-7-5-28(6-8-29)16-10-12(18(21,22)23)9-13(11-16)19(24,25)26/h1-4,9-11H,5-8H2,(H,27,30). The van der Waals surface area contributed by atoms with Gasteiger partial charge in [0, 0.05) is 42.0 Å². The maximum atomic E-state index is 13.1. The van der Waals surface area contributed by atoms with Crippen molar-refractivity contribution in [3.05, 3.63) is 58.1 Å². The summed E-state index contributed by atoms with van der Waals surface area (Å²) in [5.74, 6) is 0. The minimum Gasteiger partial charge on any atom is -0.368 e. The number of urea groups is 1. The summed E-state index contributed by atoms with van der Waals surface area (Å²) in [5, 5.41) is 2.70. The minimum atomic E-state index is -4.90. The molecule has 0 atom stereocenters. The fraction of sp³-hybridized carbons (Fsp3) is 0.316. The Balaban J connectivity index is 1.71. The molecule has 0 aromatic heterocycles. The highest BCUT2D eigenvalue weighted by Crippen LogP contribution is 2.38. The van der Waals surface area contributed by atoms with Crippen LogP contribution in [-0.2, 0) is 12.4 Å². The molecule has 1 fully saturated rings. The topological polar surface area (TPSA) is 35.6 Å². The Morgan fingerprint density at radius 1 is 0.833 bits per heavy atom. The predicted molar refractivity (Wildman–Crippen MR) is 103 cm³/mol. The fourth-order valence-corrected chi connectivity index (χ4v) is 3.29. The number of piperazine rings is 1. The zero-order valence-electron chi connectivity index (χ0n) is 15.3. The average molecular weight is 496 g/mol. The van der Waals surface area contributed by atoms with Gasteiger partial charge in [-0.05, 0) is 42.5 Å². The molecule has 30 heavy (non-hydrogen) atoms. The van der Waals surface area contributed by atoms with Gasteiger partial charge in [0.2, 0.25) is 0 Å². The number of halogens is 7. The smallest absolute Gasteiger partial charge is 0.368 e. The molecule has 0 saturated carbocycles. The third-order valence-electron chi connectivity index (χ3n) is 4.60. The molecular formula is C19H16BrF6N3O. The second kappa shape index (κ2) is 8.37. The van der Waals surface area contributed by atoms with Gasteiger partial charge in [0.15, 0.2) is 0 Å². The Labute approximate surface area is 176 Å². The Hall–Kier alpha value is -2.43. The summed E-state index contributed by atoms with van der Waals surface area (Å²) in [6.45, 7) is 0.513. The molecule has 0 radical (unpaired) electrons. The number of carbonyl (C=O) groups excluding carboxylic acids is 1. The van der Waals surface area contributed by atoms with Crippen LogP contribution in [0.15, 0.2) is 46.9 Å². The van der Waals surface area contributed by atoms with Crippen molar-refractivity contribution in [1.29, 1.82) is 0 Å². The Kier molecular flexibility index (Phi) is 6.21. The van der Waals surface area contributed by atoms with Gasteiger partial charge in [0.1, 0.15) is 0 Å². The minimum absolute atomic E-state index is 0.103. The highest BCUT2D eigenvalue weighted by molar-refractivity contribution is 9.10. The summed E-state index contributed by atoms with van der Waals surface area (Å²) < 4.78 is 79.2. The van der Waals surface area contributed by atoms with Gasteiger partial charge in [0.05, 0.1) is 11.1 Å². The molecule has 0 unspecified atom stereocenters. The van der Waals surface area contributed by atoms with Crippen LogP contribution < -0.4 is 10.2 Å². The van der Waals surface area contributed by atoms with Crippen LogP contribution in [-0.4, -0.2) is 37.1 Å². The van der Waals surface area contributed by atoms with Crippen LogP contribution in [0.3, 0.4) is 0 Å². The second-order valence-corrected chi connectivity index (χ2v) is 7.59. The van der Waals surface area contributed by atoms with E-state index >= 15 is 0 Å². The third kappa shape index (κ3) is 5.38. The maximum absolute atomic E-state index is 13.1. The molecule has 0 spiro atoms. The number of hydrogen-bond donors (Lipinski definition) is 1. The Morgan fingerprint density at radius 2 is 1.33 bits per heavy atom. The van der Waals surface area contributed by atoms with E-state index in [9.17, 15) is 31.1 Å². The molecule has 2 amide bonds. The first-order valence-electron chi connectivity index (χ1n) is 8.79. The molecule has 0 aliphatic carbocycles. The molecule has 162 valence electrons. The molecule has 3 rings (SSSR count). The van der Waals surface area contributed by atoms with Crippen molar-refractivity contribution in [1.82, 2.24) is 4.90 Å². The zero-order chi connectivity index (χ0) is 22.1. The van der Waals surface area contributed by atoms with Gasteiger partial charge in [-0.1, -0.05) is 15.9 Å². The lowest BCUT2D eigenvalue weighted by atomic mass is 10.1. The molecule has 11 heteroatoms. The molecule has 1 aliphatic heterocycles. The lowest BCUT2D eigenvalue weighted by Crippen LogP contribution is -2.50. The van der Waals surface area contributed by atoms with Crippen LogP contribution in [0.2, 0.25) is 0 Å². The van der Waals surface area contributed by atoms with Crippen LogP contribution in [0.1, 0.15) is 11.1 Å². The van der Waals surface area contributed by atoms with E-state index in [-0.39, 0.29) is 37.9 Å². The lowest BCUT2D eigenvalue weighted by molar-refractivity contribution is -0.143. The summed E-state index contributed by atoms with van der Waals surface area (Å²) in [6, 6.07) is 8.00. The summed E-state index contributed by atoms with van der Waals surface area (Å²) in [5.41, 5.74) is -2.33. The number of nitrogens with zero attached hydrogens (tertiary/aromatic N) is 2. The molecule has 0 bridgehead atoms. The summed E-state index contributed by atoms with van der Waals surface area (Å²) in [4.78, 5) is 15.2. The van der Waals surface area contributed by atoms with Crippen molar-refractivity contribution in [2.45, 2.75) is 12.4 Å². The number of nitrogens with one attached hydrogen (secondary N) is 1. The van der Waals surface area contributed by atoms with E-state index in [1.165, 1.54) is 9.80 Å². The van der Waals surface area contributed by atoms with Crippen molar-refractivity contribution >= 4 is 33.3 Å². The first-order valence-corrected chi connectivity index (χ1v) is 9.59. The van der Waals surface area contributed by atoms with Gasteiger partial charge < -0.3 is 15.1 Å². The third-order valence-corrected chi connectivity index (χ3v) is 5.13. The van der Waals surface area contributed by atoms with E-state index in [2.05, 4.69) is 21.2 Å². The molecule has 1 aliphatic rings. The Bertz CT molecular complexity index is 874. The number of alkyl halides is 6. The number of anilines is 2. The van der Waals surface area contributed by atoms with Gasteiger partial charge in [-0.3, -0.25) is 0 Å². The molecule has 2 aromatic rings. The highest BCUT2D eigenvalue weighted by Gasteiger charge is 2.37. The number of carbonyl (C=O) groups is 1. The zero-order valence-corrected chi connectivity index (χ0v) is 16.9. The molecule has 1 heterocycles. The van der Waals surface area contributed by atoms with Crippen LogP contribution in [0.4, 0.5) is 42.5 Å². The number of hydrogen-bond acceptors (Lipinski definition) is 2. The first kappa shape index (κ1) is 22.3. The van der Waals surface area contributed by atoms with Gasteiger partial charge >= 0.3 is 18.4 Å². The number of rotatable bonds is 2. The molecule has 4 nitrogen and oxygen atoms in total. The molecular weight excluding hydrogens is 480 g/mol. The van der Waals surface area contributed by atoms with Crippen LogP contribution in [0.5, 0.6) is 0 Å². The first-order chi connectivity index (χ1) is 13.9. The van der Waals surface area contributed by atoms with Crippen molar-refractivity contribution in [3.8, 4) is 0 Å². The average Bonchev–Trinajstić information content (AvgIpc) is 2.68. The fourth-order valence-electron chi connectivity index (χ4n) is 3.02. The van der Waals surface area contributed by atoms with Crippen LogP contribution in [0, 0.1) is 0 Å². The van der Waals surface area contributed by atoms with Crippen LogP contribution in [0.25, 0.3) is 0 Å². The van der Waals surface area contributed by atoms with E-state index in [4.69, 9.17) is 0 Å². The normalized spacial score (nSPS) is 15.3. The largest absolute Gasteiger partial charge is 0.416 e. The molecule has 2 aromatic carbocycles. The van der Waals surface area contributed by atoms with E-state index in [1.807, 2.05) is 0 Å². The van der Waals surface area contributed by atoms with Crippen molar-refractivity contribution in [2.24, 2.45) is 0 Å². The summed E-state index contributed by atoms with van der Waals surface area (Å²) in [7, 11) is 0. The summed E-state index contributed by atoms with van der Waals surface area (Å²) in [6.07, 6.45) is -9.80. The predicted octanol–water partition coefficient (Wildman–Crippen LogP) is 5.84. The number of benzene rings is 2. The van der Waals surface area contributed by atoms with Crippen molar-refractivity contribution < 1.29 is 31.1 Å². The van der Waals surface area contributed by atoms with Gasteiger partial charge in [0.25, 0.3) is 0 Å². The van der Waals surface area contributed by atoms with Gasteiger partial charge in [-0.15, -0.1) is 0 Å². The van der Waals surface area contributed by atoms with E-state index in [1.54, 1.807) is 24.3 Å². The van der Waals surface area contributed by atoms with Gasteiger partial charge in [-0.25, -0.2) is 4.79 Å². The quantitative estimate of drug-likeness (QED) is 0.531. The van der Waals surface area contributed by atoms with Crippen molar-refractivity contribution in [2.75, 3.05) is 36.4 Å². The highest BCUT2D eigenvalue weighted by atomic mass is 79.9. The second-order valence-electron chi connectivity index (χ2n) is 6.68.